The van der Waals surface area contributed by atoms with Crippen molar-refractivity contribution < 1.29 is 10.2 Å². The van der Waals surface area contributed by atoms with E-state index in [-0.39, 0.29) is 12.4 Å². The highest BCUT2D eigenvalue weighted by atomic mass is 16.3. The second kappa shape index (κ2) is 5.75. The van der Waals surface area contributed by atoms with Gasteiger partial charge in [-0.15, -0.1) is 0 Å². The number of aryl methyl sites for hydroxylation is 1. The van der Waals surface area contributed by atoms with E-state index in [4.69, 9.17) is 5.11 Å². The lowest BCUT2D eigenvalue weighted by molar-refractivity contribution is 0.270. The van der Waals surface area contributed by atoms with Crippen molar-refractivity contribution in [1.82, 2.24) is 9.78 Å². The molecule has 5 heteroatoms. The first kappa shape index (κ1) is 13.4. The van der Waals surface area contributed by atoms with Crippen molar-refractivity contribution in [2.45, 2.75) is 26.9 Å². The van der Waals surface area contributed by atoms with E-state index in [1.165, 1.54) is 0 Å². The van der Waals surface area contributed by atoms with Crippen molar-refractivity contribution in [2.24, 2.45) is 0 Å². The number of nitrogens with one attached hydrogen (secondary N) is 1. The summed E-state index contributed by atoms with van der Waals surface area (Å²) in [5.74, 6) is 1.16. The van der Waals surface area contributed by atoms with Crippen LogP contribution >= 0.6 is 0 Å². The number of rotatable bonds is 5. The minimum atomic E-state index is 0.0474. The van der Waals surface area contributed by atoms with Gasteiger partial charge in [0.25, 0.3) is 0 Å². The van der Waals surface area contributed by atoms with Gasteiger partial charge >= 0.3 is 0 Å². The zero-order chi connectivity index (χ0) is 13.8. The lowest BCUT2D eigenvalue weighted by Crippen LogP contribution is -2.11. The Kier molecular flexibility index (Phi) is 4.06. The van der Waals surface area contributed by atoms with E-state index in [9.17, 15) is 5.11 Å². The molecule has 0 aliphatic carbocycles. The fraction of sp³-hybridized carbons (Fsp3) is 0.357. The maximum atomic E-state index is 9.73. The highest BCUT2D eigenvalue weighted by Crippen LogP contribution is 2.21. The molecule has 0 aliphatic heterocycles. The van der Waals surface area contributed by atoms with Crippen LogP contribution < -0.4 is 5.32 Å². The number of hydrogen-bond donors (Lipinski definition) is 3. The third-order valence-corrected chi connectivity index (χ3v) is 3.18. The summed E-state index contributed by atoms with van der Waals surface area (Å²) in [5, 5.41) is 26.4. The van der Waals surface area contributed by atoms with Gasteiger partial charge in [-0.25, -0.2) is 4.68 Å². The number of para-hydroxylation sites is 1. The molecule has 1 aromatic carbocycles. The maximum Gasteiger partial charge on any atom is 0.127 e. The minimum Gasteiger partial charge on any atom is -0.508 e. The number of benzene rings is 1. The Morgan fingerprint density at radius 3 is 2.68 bits per heavy atom. The number of aromatic hydroxyl groups is 1. The van der Waals surface area contributed by atoms with E-state index in [1.807, 2.05) is 26.0 Å². The Hall–Kier alpha value is -2.01. The molecular formula is C14H19N3O2. The molecule has 0 unspecified atom stereocenters. The molecule has 0 radical (unpaired) electrons. The Morgan fingerprint density at radius 1 is 1.26 bits per heavy atom. The van der Waals surface area contributed by atoms with Crippen molar-refractivity contribution in [2.75, 3.05) is 11.9 Å². The van der Waals surface area contributed by atoms with E-state index in [1.54, 1.807) is 16.8 Å². The summed E-state index contributed by atoms with van der Waals surface area (Å²) in [7, 11) is 0. The van der Waals surface area contributed by atoms with Crippen LogP contribution in [0.2, 0.25) is 0 Å². The Balaban J connectivity index is 2.17. The summed E-state index contributed by atoms with van der Waals surface area (Å²) in [4.78, 5) is 0. The summed E-state index contributed by atoms with van der Waals surface area (Å²) in [6.07, 6.45) is 0. The quantitative estimate of drug-likeness (QED) is 0.767. The van der Waals surface area contributed by atoms with Gasteiger partial charge in [0.15, 0.2) is 0 Å². The summed E-state index contributed by atoms with van der Waals surface area (Å²) >= 11 is 0. The van der Waals surface area contributed by atoms with Crippen LogP contribution in [0.25, 0.3) is 0 Å². The molecule has 19 heavy (non-hydrogen) atoms. The van der Waals surface area contributed by atoms with Crippen LogP contribution in [0.3, 0.4) is 0 Å². The second-order valence-electron chi connectivity index (χ2n) is 4.49. The number of hydrogen-bond acceptors (Lipinski definition) is 4. The Labute approximate surface area is 112 Å². The van der Waals surface area contributed by atoms with Gasteiger partial charge in [-0.3, -0.25) is 0 Å². The monoisotopic (exact) mass is 261 g/mol. The molecule has 0 spiro atoms. The highest BCUT2D eigenvalue weighted by molar-refractivity contribution is 5.48. The average molecular weight is 261 g/mol. The predicted molar refractivity (Wildman–Crippen MR) is 74.2 cm³/mol. The molecule has 0 atom stereocenters. The number of phenols is 1. The van der Waals surface area contributed by atoms with Crippen LogP contribution in [0, 0.1) is 13.8 Å². The van der Waals surface area contributed by atoms with Crippen molar-refractivity contribution in [3.63, 3.8) is 0 Å². The largest absolute Gasteiger partial charge is 0.508 e. The van der Waals surface area contributed by atoms with Gasteiger partial charge in [-0.2, -0.15) is 5.10 Å². The molecule has 102 valence electrons. The predicted octanol–water partition coefficient (Wildman–Crippen LogP) is 1.81. The van der Waals surface area contributed by atoms with Crippen molar-refractivity contribution >= 4 is 5.82 Å². The molecule has 0 amide bonds. The zero-order valence-electron chi connectivity index (χ0n) is 11.2. The molecule has 2 aromatic rings. The lowest BCUT2D eigenvalue weighted by Gasteiger charge is -2.11. The molecule has 3 N–H and O–H groups in total. The van der Waals surface area contributed by atoms with Crippen LogP contribution in [-0.2, 0) is 13.1 Å². The molecule has 1 aromatic heterocycles. The van der Waals surface area contributed by atoms with Crippen LogP contribution in [-0.4, -0.2) is 26.6 Å². The Bertz CT molecular complexity index is 564. The second-order valence-corrected chi connectivity index (χ2v) is 4.49. The summed E-state index contributed by atoms with van der Waals surface area (Å²) in [6.45, 7) is 4.95. The van der Waals surface area contributed by atoms with Gasteiger partial charge in [0.1, 0.15) is 11.6 Å². The fourth-order valence-corrected chi connectivity index (χ4v) is 1.99. The van der Waals surface area contributed by atoms with Crippen LogP contribution in [0.15, 0.2) is 24.3 Å². The normalized spacial score (nSPS) is 10.7. The summed E-state index contributed by atoms with van der Waals surface area (Å²) in [5.41, 5.74) is 2.83. The van der Waals surface area contributed by atoms with Crippen molar-refractivity contribution in [3.05, 3.63) is 41.1 Å². The SMILES string of the molecule is Cc1nn(CCO)c(NCc2ccccc2O)c1C. The van der Waals surface area contributed by atoms with E-state index >= 15 is 0 Å². The first-order chi connectivity index (χ1) is 9.13. The molecule has 0 aliphatic rings. The smallest absolute Gasteiger partial charge is 0.127 e. The molecule has 0 saturated carbocycles. The van der Waals surface area contributed by atoms with Crippen LogP contribution in [0.5, 0.6) is 5.75 Å². The lowest BCUT2D eigenvalue weighted by atomic mass is 10.2. The van der Waals surface area contributed by atoms with Gasteiger partial charge in [0, 0.05) is 17.7 Å². The zero-order valence-corrected chi connectivity index (χ0v) is 11.2. The maximum absolute atomic E-state index is 9.73. The van der Waals surface area contributed by atoms with Gasteiger partial charge < -0.3 is 15.5 Å². The average Bonchev–Trinajstić information content (AvgIpc) is 2.65. The third-order valence-electron chi connectivity index (χ3n) is 3.18. The van der Waals surface area contributed by atoms with E-state index in [2.05, 4.69) is 10.4 Å². The highest BCUT2D eigenvalue weighted by Gasteiger charge is 2.11. The number of aliphatic hydroxyl groups is 1. The van der Waals surface area contributed by atoms with Crippen molar-refractivity contribution in [1.29, 1.82) is 0 Å². The first-order valence-electron chi connectivity index (χ1n) is 6.29. The number of anilines is 1. The van der Waals surface area contributed by atoms with E-state index in [0.29, 0.717) is 13.1 Å². The minimum absolute atomic E-state index is 0.0474. The van der Waals surface area contributed by atoms with E-state index in [0.717, 1.165) is 22.6 Å². The van der Waals surface area contributed by atoms with Crippen LogP contribution in [0.1, 0.15) is 16.8 Å². The van der Waals surface area contributed by atoms with E-state index < -0.39 is 0 Å². The molecule has 0 fully saturated rings. The standard InChI is InChI=1S/C14H19N3O2/c1-10-11(2)16-17(7-8-18)14(10)15-9-12-5-3-4-6-13(12)19/h3-6,15,18-19H,7-9H2,1-2H3. The molecule has 5 nitrogen and oxygen atoms in total. The van der Waals surface area contributed by atoms with Crippen LogP contribution in [0.4, 0.5) is 5.82 Å². The van der Waals surface area contributed by atoms with Gasteiger partial charge in [0.05, 0.1) is 18.8 Å². The topological polar surface area (TPSA) is 70.3 Å². The number of nitrogens with zero attached hydrogens (tertiary/aromatic N) is 2. The number of aromatic nitrogens is 2. The first-order valence-corrected chi connectivity index (χ1v) is 6.29. The molecule has 0 saturated heterocycles. The molecule has 2 rings (SSSR count). The van der Waals surface area contributed by atoms with Gasteiger partial charge in [-0.1, -0.05) is 18.2 Å². The molecule has 0 bridgehead atoms. The Morgan fingerprint density at radius 2 is 2.00 bits per heavy atom. The molecular weight excluding hydrogens is 242 g/mol. The van der Waals surface area contributed by atoms with Gasteiger partial charge in [0.2, 0.25) is 0 Å². The third kappa shape index (κ3) is 2.88. The number of aliphatic hydroxyl groups excluding tert-OH is 1. The summed E-state index contributed by atoms with van der Waals surface area (Å²) < 4.78 is 1.75. The molecule has 1 heterocycles. The number of phenolic OH excluding ortho intramolecular Hbond substituents is 1. The van der Waals surface area contributed by atoms with Crippen molar-refractivity contribution in [3.8, 4) is 5.75 Å². The fourth-order valence-electron chi connectivity index (χ4n) is 1.99. The van der Waals surface area contributed by atoms with Gasteiger partial charge in [-0.05, 0) is 19.9 Å². The summed E-state index contributed by atoms with van der Waals surface area (Å²) in [6, 6.07) is 7.22.